The molecular weight excluding hydrogens is 372 g/mol. The number of nitrogens with one attached hydrogen (secondary N) is 1. The lowest BCUT2D eigenvalue weighted by atomic mass is 9.77. The van der Waals surface area contributed by atoms with Crippen LogP contribution >= 0.6 is 0 Å². The molecule has 0 spiro atoms. The van der Waals surface area contributed by atoms with Gasteiger partial charge in [-0.2, -0.15) is 0 Å². The number of carboxylic acids is 1. The van der Waals surface area contributed by atoms with Gasteiger partial charge in [-0.25, -0.2) is 15.2 Å². The molecule has 1 saturated carbocycles. The number of amides is 2. The van der Waals surface area contributed by atoms with E-state index in [4.69, 9.17) is 9.84 Å². The Morgan fingerprint density at radius 1 is 1.10 bits per heavy atom. The van der Waals surface area contributed by atoms with Gasteiger partial charge in [0, 0.05) is 12.8 Å². The smallest absolute Gasteiger partial charge is 0.427 e. The molecule has 0 aliphatic heterocycles. The van der Waals surface area contributed by atoms with Crippen LogP contribution in [-0.4, -0.2) is 28.7 Å². The normalized spacial score (nSPS) is 19.3. The maximum atomic E-state index is 12.3. The minimum atomic E-state index is -0.726. The van der Waals surface area contributed by atoms with Gasteiger partial charge < -0.3 is 9.84 Å². The molecule has 0 heterocycles. The van der Waals surface area contributed by atoms with Gasteiger partial charge in [0.05, 0.1) is 5.69 Å². The van der Waals surface area contributed by atoms with Crippen LogP contribution in [0, 0.1) is 5.92 Å². The monoisotopic (exact) mass is 404 g/mol. The zero-order valence-corrected chi connectivity index (χ0v) is 17.7. The summed E-state index contributed by atoms with van der Waals surface area (Å²) in [7, 11) is 0. The highest BCUT2D eigenvalue weighted by molar-refractivity contribution is 5.95. The molecule has 160 valence electrons. The predicted molar refractivity (Wildman–Crippen MR) is 111 cm³/mol. The summed E-state index contributed by atoms with van der Waals surface area (Å²) in [5.74, 6) is -0.310. The number of nitrogens with zero attached hydrogens (tertiary/aromatic N) is 1. The molecule has 0 saturated heterocycles. The molecule has 1 aliphatic carbocycles. The Balaban J connectivity index is 2.04. The largest absolute Gasteiger partial charge is 0.481 e. The van der Waals surface area contributed by atoms with Gasteiger partial charge in [0.1, 0.15) is 5.60 Å². The van der Waals surface area contributed by atoms with E-state index in [-0.39, 0.29) is 24.7 Å². The van der Waals surface area contributed by atoms with E-state index >= 15 is 0 Å². The standard InChI is InChI=1S/C22H32N2O5/c1-5-19(25)24(23-21(28)29-22(2,3)4)18-12-10-17(11-13-18)16-8-6-15(7-9-16)14-20(26)27/h10-13,15-16H,5-9,14H2,1-4H3,(H,23,28)(H,26,27). The Hall–Kier alpha value is -2.57. The molecule has 7 nitrogen and oxygen atoms in total. The third-order valence-electron chi connectivity index (χ3n) is 5.09. The predicted octanol–water partition coefficient (Wildman–Crippen LogP) is 4.62. The molecule has 29 heavy (non-hydrogen) atoms. The first-order chi connectivity index (χ1) is 13.6. The van der Waals surface area contributed by atoms with E-state index in [0.717, 1.165) is 25.7 Å². The molecule has 2 N–H and O–H groups in total. The topological polar surface area (TPSA) is 95.9 Å². The maximum absolute atomic E-state index is 12.3. The van der Waals surface area contributed by atoms with Crippen LogP contribution < -0.4 is 10.4 Å². The SMILES string of the molecule is CCC(=O)N(NC(=O)OC(C)(C)C)c1ccc(C2CCC(CC(=O)O)CC2)cc1. The van der Waals surface area contributed by atoms with Crippen LogP contribution in [0.4, 0.5) is 10.5 Å². The lowest BCUT2D eigenvalue weighted by Gasteiger charge is -2.29. The van der Waals surface area contributed by atoms with E-state index in [1.54, 1.807) is 27.7 Å². The van der Waals surface area contributed by atoms with Crippen molar-refractivity contribution in [1.29, 1.82) is 0 Å². The Labute approximate surface area is 172 Å². The molecular formula is C22H32N2O5. The fraction of sp³-hybridized carbons (Fsp3) is 0.591. The number of aliphatic carboxylic acids is 1. The van der Waals surface area contributed by atoms with Crippen LogP contribution in [0.2, 0.25) is 0 Å². The number of carbonyl (C=O) groups is 3. The highest BCUT2D eigenvalue weighted by atomic mass is 16.6. The van der Waals surface area contributed by atoms with Crippen LogP contribution in [0.1, 0.15) is 77.7 Å². The second-order valence-corrected chi connectivity index (χ2v) is 8.60. The molecule has 0 unspecified atom stereocenters. The maximum Gasteiger partial charge on any atom is 0.427 e. The van der Waals surface area contributed by atoms with Gasteiger partial charge in [-0.05, 0) is 76.0 Å². The van der Waals surface area contributed by atoms with Crippen molar-refractivity contribution in [2.45, 2.75) is 77.7 Å². The fourth-order valence-corrected chi connectivity index (χ4v) is 3.66. The third-order valence-corrected chi connectivity index (χ3v) is 5.09. The first-order valence-corrected chi connectivity index (χ1v) is 10.2. The van der Waals surface area contributed by atoms with E-state index < -0.39 is 17.7 Å². The summed E-state index contributed by atoms with van der Waals surface area (Å²) in [6.45, 7) is 7.02. The van der Waals surface area contributed by atoms with Crippen molar-refractivity contribution in [1.82, 2.24) is 5.43 Å². The molecule has 2 amide bonds. The van der Waals surface area contributed by atoms with Gasteiger partial charge in [0.2, 0.25) is 5.91 Å². The van der Waals surface area contributed by atoms with Gasteiger partial charge in [-0.1, -0.05) is 19.1 Å². The number of ether oxygens (including phenoxy) is 1. The second kappa shape index (κ2) is 9.76. The van der Waals surface area contributed by atoms with E-state index in [1.807, 2.05) is 24.3 Å². The molecule has 0 atom stereocenters. The van der Waals surface area contributed by atoms with Crippen LogP contribution in [0.15, 0.2) is 24.3 Å². The molecule has 1 aromatic carbocycles. The Morgan fingerprint density at radius 3 is 2.17 bits per heavy atom. The number of hydrogen-bond donors (Lipinski definition) is 2. The number of benzene rings is 1. The van der Waals surface area contributed by atoms with Crippen LogP contribution in [0.5, 0.6) is 0 Å². The first kappa shape index (κ1) is 22.7. The number of hydrogen-bond acceptors (Lipinski definition) is 4. The third kappa shape index (κ3) is 7.07. The molecule has 0 bridgehead atoms. The van der Waals surface area contributed by atoms with Crippen molar-refractivity contribution in [2.75, 3.05) is 5.01 Å². The molecule has 0 radical (unpaired) electrons. The summed E-state index contributed by atoms with van der Waals surface area (Å²) < 4.78 is 5.25. The van der Waals surface area contributed by atoms with Crippen molar-refractivity contribution in [3.63, 3.8) is 0 Å². The molecule has 7 heteroatoms. The van der Waals surface area contributed by atoms with Crippen molar-refractivity contribution in [2.24, 2.45) is 5.92 Å². The van der Waals surface area contributed by atoms with Gasteiger partial charge >= 0.3 is 12.1 Å². The average Bonchev–Trinajstić information content (AvgIpc) is 2.64. The summed E-state index contributed by atoms with van der Waals surface area (Å²) in [5.41, 5.74) is 3.62. The fourth-order valence-electron chi connectivity index (χ4n) is 3.66. The molecule has 1 aliphatic rings. The lowest BCUT2D eigenvalue weighted by molar-refractivity contribution is -0.138. The highest BCUT2D eigenvalue weighted by Crippen LogP contribution is 2.37. The summed E-state index contributed by atoms with van der Waals surface area (Å²) in [5, 5.41) is 10.2. The molecule has 1 aromatic rings. The first-order valence-electron chi connectivity index (χ1n) is 10.2. The van der Waals surface area contributed by atoms with Gasteiger partial charge in [-0.3, -0.25) is 9.59 Å². The van der Waals surface area contributed by atoms with Crippen LogP contribution in [0.3, 0.4) is 0 Å². The van der Waals surface area contributed by atoms with Crippen molar-refractivity contribution >= 4 is 23.7 Å². The lowest BCUT2D eigenvalue weighted by Crippen LogP contribution is -2.48. The van der Waals surface area contributed by atoms with Crippen molar-refractivity contribution in [3.8, 4) is 0 Å². The van der Waals surface area contributed by atoms with E-state index in [2.05, 4.69) is 5.43 Å². The Morgan fingerprint density at radius 2 is 1.69 bits per heavy atom. The molecule has 0 aromatic heterocycles. The average molecular weight is 405 g/mol. The van der Waals surface area contributed by atoms with Gasteiger partial charge in [-0.15, -0.1) is 0 Å². The second-order valence-electron chi connectivity index (χ2n) is 8.60. The minimum absolute atomic E-state index is 0.238. The number of carbonyl (C=O) groups excluding carboxylic acids is 2. The van der Waals surface area contributed by atoms with E-state index in [9.17, 15) is 14.4 Å². The Kier molecular flexibility index (Phi) is 7.65. The van der Waals surface area contributed by atoms with Crippen LogP contribution in [0.25, 0.3) is 0 Å². The van der Waals surface area contributed by atoms with Gasteiger partial charge in [0.15, 0.2) is 0 Å². The summed E-state index contributed by atoms with van der Waals surface area (Å²) >= 11 is 0. The van der Waals surface area contributed by atoms with Crippen molar-refractivity contribution in [3.05, 3.63) is 29.8 Å². The highest BCUT2D eigenvalue weighted by Gasteiger charge is 2.25. The summed E-state index contributed by atoms with van der Waals surface area (Å²) in [4.78, 5) is 35.3. The number of hydrazine groups is 1. The number of anilines is 1. The summed E-state index contributed by atoms with van der Waals surface area (Å²) in [6, 6.07) is 7.60. The van der Waals surface area contributed by atoms with Crippen LogP contribution in [-0.2, 0) is 14.3 Å². The van der Waals surface area contributed by atoms with Crippen molar-refractivity contribution < 1.29 is 24.2 Å². The summed E-state index contributed by atoms with van der Waals surface area (Å²) in [6.07, 6.45) is 3.57. The van der Waals surface area contributed by atoms with E-state index in [0.29, 0.717) is 11.6 Å². The zero-order chi connectivity index (χ0) is 21.6. The quantitative estimate of drug-likeness (QED) is 0.698. The number of carboxylic acid groups (broad SMARTS) is 1. The zero-order valence-electron chi connectivity index (χ0n) is 17.7. The minimum Gasteiger partial charge on any atom is -0.481 e. The molecule has 2 rings (SSSR count). The Bertz CT molecular complexity index is 716. The molecule has 1 fully saturated rings. The van der Waals surface area contributed by atoms with E-state index in [1.165, 1.54) is 10.6 Å². The number of rotatable bonds is 5. The van der Waals surface area contributed by atoms with Gasteiger partial charge in [0.25, 0.3) is 0 Å².